The number of nitrogens with zero attached hydrogens (tertiary/aromatic N) is 1. The molecule has 0 amide bonds. The van der Waals surface area contributed by atoms with Crippen LogP contribution in [0.25, 0.3) is 0 Å². The molecule has 0 aliphatic carbocycles. The van der Waals surface area contributed by atoms with Gasteiger partial charge < -0.3 is 5.32 Å². The first-order valence-electron chi connectivity index (χ1n) is 5.74. The van der Waals surface area contributed by atoms with Gasteiger partial charge >= 0.3 is 0 Å². The Bertz CT molecular complexity index is 171. The van der Waals surface area contributed by atoms with Crippen LogP contribution < -0.4 is 5.32 Å². The van der Waals surface area contributed by atoms with E-state index in [2.05, 4.69) is 24.1 Å². The molecule has 14 heavy (non-hydrogen) atoms. The van der Waals surface area contributed by atoms with Gasteiger partial charge in [0.2, 0.25) is 0 Å². The Morgan fingerprint density at radius 2 is 1.86 bits per heavy atom. The highest BCUT2D eigenvalue weighted by Gasteiger charge is 2.30. The molecule has 0 saturated carbocycles. The van der Waals surface area contributed by atoms with E-state index in [9.17, 15) is 0 Å². The lowest BCUT2D eigenvalue weighted by atomic mass is 10.1. The van der Waals surface area contributed by atoms with Crippen LogP contribution in [0, 0.1) is 5.92 Å². The van der Waals surface area contributed by atoms with Gasteiger partial charge in [-0.2, -0.15) is 0 Å². The maximum absolute atomic E-state index is 3.37. The van der Waals surface area contributed by atoms with E-state index in [4.69, 9.17) is 0 Å². The van der Waals surface area contributed by atoms with Crippen molar-refractivity contribution in [2.75, 3.05) is 19.6 Å². The summed E-state index contributed by atoms with van der Waals surface area (Å²) in [6.07, 6.45) is 4.26. The molecule has 0 radical (unpaired) electrons. The van der Waals surface area contributed by atoms with Gasteiger partial charge in [0.25, 0.3) is 0 Å². The molecular formula is C11H23ClN2. The van der Waals surface area contributed by atoms with Crippen molar-refractivity contribution in [2.24, 2.45) is 5.92 Å². The van der Waals surface area contributed by atoms with Gasteiger partial charge in [0.15, 0.2) is 0 Å². The summed E-state index contributed by atoms with van der Waals surface area (Å²) in [6, 6.07) is 1.66. The van der Waals surface area contributed by atoms with Crippen molar-refractivity contribution < 1.29 is 0 Å². The van der Waals surface area contributed by atoms with E-state index in [1.165, 1.54) is 38.9 Å². The monoisotopic (exact) mass is 218 g/mol. The van der Waals surface area contributed by atoms with E-state index < -0.39 is 0 Å². The fourth-order valence-corrected chi connectivity index (χ4v) is 2.58. The lowest BCUT2D eigenvalue weighted by molar-refractivity contribution is 0.0948. The molecule has 0 spiro atoms. The van der Waals surface area contributed by atoms with Crippen molar-refractivity contribution in [3.63, 3.8) is 0 Å². The Kier molecular flexibility index (Phi) is 4.68. The number of likely N-dealkylation sites (tertiary alicyclic amines) is 1. The molecule has 0 bridgehead atoms. The third-order valence-electron chi connectivity index (χ3n) is 3.64. The van der Waals surface area contributed by atoms with E-state index in [-0.39, 0.29) is 12.4 Å². The third-order valence-corrected chi connectivity index (χ3v) is 3.64. The van der Waals surface area contributed by atoms with Gasteiger partial charge in [-0.15, -0.1) is 12.4 Å². The van der Waals surface area contributed by atoms with Crippen molar-refractivity contribution in [3.05, 3.63) is 0 Å². The summed E-state index contributed by atoms with van der Waals surface area (Å²) in [4.78, 5) is 2.73. The summed E-state index contributed by atoms with van der Waals surface area (Å²) in [5.74, 6) is 0.908. The second-order valence-corrected chi connectivity index (χ2v) is 4.89. The van der Waals surface area contributed by atoms with Crippen molar-refractivity contribution in [3.8, 4) is 0 Å². The zero-order valence-corrected chi connectivity index (χ0v) is 10.1. The first-order valence-corrected chi connectivity index (χ1v) is 5.74. The van der Waals surface area contributed by atoms with E-state index >= 15 is 0 Å². The largest absolute Gasteiger partial charge is 0.314 e. The summed E-state index contributed by atoms with van der Waals surface area (Å²) in [5, 5.41) is 3.37. The molecule has 2 saturated heterocycles. The minimum Gasteiger partial charge on any atom is -0.314 e. The number of nitrogens with one attached hydrogen (secondary N) is 1. The van der Waals surface area contributed by atoms with Crippen LogP contribution in [0.5, 0.6) is 0 Å². The molecule has 0 aromatic rings. The van der Waals surface area contributed by atoms with Crippen LogP contribution in [0.2, 0.25) is 0 Å². The molecule has 2 fully saturated rings. The first-order chi connectivity index (χ1) is 6.27. The second-order valence-electron chi connectivity index (χ2n) is 4.89. The van der Waals surface area contributed by atoms with Crippen LogP contribution in [0.1, 0.15) is 33.1 Å². The highest BCUT2D eigenvalue weighted by atomic mass is 35.5. The number of rotatable bonds is 1. The van der Waals surface area contributed by atoms with Gasteiger partial charge in [-0.05, 0) is 25.7 Å². The summed E-state index contributed by atoms with van der Waals surface area (Å²) in [6.45, 7) is 8.56. The highest BCUT2D eigenvalue weighted by Crippen LogP contribution is 2.23. The van der Waals surface area contributed by atoms with Crippen molar-refractivity contribution in [1.82, 2.24) is 10.2 Å². The molecule has 2 heterocycles. The van der Waals surface area contributed by atoms with Crippen LogP contribution in [-0.2, 0) is 0 Å². The van der Waals surface area contributed by atoms with E-state index in [0.717, 1.165) is 18.0 Å². The zero-order chi connectivity index (χ0) is 9.26. The van der Waals surface area contributed by atoms with Gasteiger partial charge in [-0.25, -0.2) is 0 Å². The Hall–Kier alpha value is 0.210. The SMILES string of the molecule is CC1CCCC(C)N(C2CNC2)C1.Cl. The maximum atomic E-state index is 3.37. The zero-order valence-electron chi connectivity index (χ0n) is 9.33. The van der Waals surface area contributed by atoms with Crippen molar-refractivity contribution in [2.45, 2.75) is 45.2 Å². The first kappa shape index (κ1) is 12.3. The standard InChI is InChI=1S/C11H22N2.ClH/c1-9-4-3-5-10(2)13(8-9)11-6-12-7-11;/h9-12H,3-8H2,1-2H3;1H. The minimum absolute atomic E-state index is 0. The Balaban J connectivity index is 0.000000980. The molecule has 3 heteroatoms. The highest BCUT2D eigenvalue weighted by molar-refractivity contribution is 5.85. The number of hydrogen-bond donors (Lipinski definition) is 1. The fraction of sp³-hybridized carbons (Fsp3) is 1.00. The van der Waals surface area contributed by atoms with Gasteiger partial charge in [0.1, 0.15) is 0 Å². The molecule has 2 rings (SSSR count). The van der Waals surface area contributed by atoms with Crippen LogP contribution in [0.4, 0.5) is 0 Å². The van der Waals surface area contributed by atoms with Crippen LogP contribution in [-0.4, -0.2) is 36.6 Å². The molecule has 0 aromatic carbocycles. The predicted octanol–water partition coefficient (Wildman–Crippen LogP) is 1.89. The molecule has 2 nitrogen and oxygen atoms in total. The van der Waals surface area contributed by atoms with Crippen molar-refractivity contribution >= 4 is 12.4 Å². The Morgan fingerprint density at radius 1 is 1.14 bits per heavy atom. The Labute approximate surface area is 93.8 Å². The molecular weight excluding hydrogens is 196 g/mol. The maximum Gasteiger partial charge on any atom is 0.0348 e. The topological polar surface area (TPSA) is 15.3 Å². The number of halogens is 1. The molecule has 1 N–H and O–H groups in total. The molecule has 2 atom stereocenters. The molecule has 0 aromatic heterocycles. The van der Waals surface area contributed by atoms with E-state index in [1.807, 2.05) is 0 Å². The van der Waals surface area contributed by atoms with Gasteiger partial charge in [-0.1, -0.05) is 13.3 Å². The minimum atomic E-state index is 0. The average Bonchev–Trinajstić information content (AvgIpc) is 2.12. The molecule has 2 aliphatic heterocycles. The predicted molar refractivity (Wildman–Crippen MR) is 63.1 cm³/mol. The lowest BCUT2D eigenvalue weighted by Gasteiger charge is -2.41. The lowest BCUT2D eigenvalue weighted by Crippen LogP contribution is -2.59. The van der Waals surface area contributed by atoms with E-state index in [0.29, 0.717) is 0 Å². The molecule has 2 aliphatic rings. The molecule has 84 valence electrons. The molecule has 2 unspecified atom stereocenters. The summed E-state index contributed by atoms with van der Waals surface area (Å²) in [5.41, 5.74) is 0. The van der Waals surface area contributed by atoms with Gasteiger partial charge in [-0.3, -0.25) is 4.90 Å². The van der Waals surface area contributed by atoms with Crippen LogP contribution >= 0.6 is 12.4 Å². The van der Waals surface area contributed by atoms with Crippen LogP contribution in [0.15, 0.2) is 0 Å². The van der Waals surface area contributed by atoms with Gasteiger partial charge in [0.05, 0.1) is 0 Å². The average molecular weight is 219 g/mol. The summed E-state index contributed by atoms with van der Waals surface area (Å²) < 4.78 is 0. The summed E-state index contributed by atoms with van der Waals surface area (Å²) >= 11 is 0. The van der Waals surface area contributed by atoms with Crippen molar-refractivity contribution in [1.29, 1.82) is 0 Å². The Morgan fingerprint density at radius 3 is 2.43 bits per heavy atom. The second kappa shape index (κ2) is 5.34. The van der Waals surface area contributed by atoms with Gasteiger partial charge in [0, 0.05) is 31.7 Å². The van der Waals surface area contributed by atoms with E-state index in [1.54, 1.807) is 0 Å². The summed E-state index contributed by atoms with van der Waals surface area (Å²) in [7, 11) is 0. The smallest absolute Gasteiger partial charge is 0.0348 e. The fourth-order valence-electron chi connectivity index (χ4n) is 2.58. The quantitative estimate of drug-likeness (QED) is 0.723. The third kappa shape index (κ3) is 2.62. The van der Waals surface area contributed by atoms with Crippen LogP contribution in [0.3, 0.4) is 0 Å². The number of hydrogen-bond acceptors (Lipinski definition) is 2. The normalized spacial score (nSPS) is 35.6.